The zero-order valence-corrected chi connectivity index (χ0v) is 14.4. The fraction of sp³-hybridized carbons (Fsp3) is 0.300. The van der Waals surface area contributed by atoms with Crippen LogP contribution in [0.15, 0.2) is 16.7 Å². The smallest absolute Gasteiger partial charge is 0.152 e. The Morgan fingerprint density at radius 2 is 2.12 bits per heavy atom. The van der Waals surface area contributed by atoms with Crippen LogP contribution < -0.4 is 0 Å². The number of rotatable bonds is 1. The maximum absolute atomic E-state index is 6.17. The maximum Gasteiger partial charge on any atom is 0.152 e. The van der Waals surface area contributed by atoms with Gasteiger partial charge in [-0.2, -0.15) is 0 Å². The molecule has 0 saturated heterocycles. The summed E-state index contributed by atoms with van der Waals surface area (Å²) in [5, 5.41) is 1.83. The summed E-state index contributed by atoms with van der Waals surface area (Å²) >= 11 is 11.8. The summed E-state index contributed by atoms with van der Waals surface area (Å²) in [6, 6.07) is 2.03. The van der Waals surface area contributed by atoms with Crippen molar-refractivity contribution in [2.75, 3.05) is 0 Å². The summed E-state index contributed by atoms with van der Waals surface area (Å²) in [4.78, 5) is 4.34. The Morgan fingerprint density at radius 1 is 1.50 bits per heavy atom. The second-order valence-corrected chi connectivity index (χ2v) is 5.76. The quantitative estimate of drug-likeness (QED) is 0.542. The molecule has 0 amide bonds. The van der Waals surface area contributed by atoms with Gasteiger partial charge in [-0.05, 0) is 34.5 Å². The van der Waals surface area contributed by atoms with E-state index in [0.717, 1.165) is 26.2 Å². The van der Waals surface area contributed by atoms with Crippen LogP contribution in [0.1, 0.15) is 19.4 Å². The first-order chi connectivity index (χ1) is 7.65. The van der Waals surface area contributed by atoms with E-state index in [9.17, 15) is 0 Å². The molecular formula is C10H11BrClIN2S. The molecule has 0 aliphatic heterocycles. The highest BCUT2D eigenvalue weighted by Crippen LogP contribution is 2.35. The third kappa shape index (κ3) is 2.68. The van der Waals surface area contributed by atoms with Gasteiger partial charge in [-0.15, -0.1) is 0 Å². The molecule has 0 N–H and O–H groups in total. The van der Waals surface area contributed by atoms with Crippen LogP contribution in [0.4, 0.5) is 0 Å². The van der Waals surface area contributed by atoms with Gasteiger partial charge in [0.2, 0.25) is 0 Å². The first kappa shape index (κ1) is 14.6. The van der Waals surface area contributed by atoms with Crippen molar-refractivity contribution >= 4 is 68.9 Å². The molecule has 0 aliphatic carbocycles. The minimum absolute atomic E-state index is 0.741. The van der Waals surface area contributed by atoms with Gasteiger partial charge in [0.15, 0.2) is 5.65 Å². The predicted molar refractivity (Wildman–Crippen MR) is 85.5 cm³/mol. The van der Waals surface area contributed by atoms with Crippen molar-refractivity contribution in [3.8, 4) is 0 Å². The van der Waals surface area contributed by atoms with E-state index in [1.807, 2.05) is 30.8 Å². The third-order valence-corrected chi connectivity index (χ3v) is 4.65. The van der Waals surface area contributed by atoms with Crippen LogP contribution in [0.2, 0.25) is 5.15 Å². The van der Waals surface area contributed by atoms with Gasteiger partial charge in [0.1, 0.15) is 5.15 Å². The lowest BCUT2D eigenvalue weighted by atomic mass is 10.2. The molecule has 0 spiro atoms. The molecule has 88 valence electrons. The molecule has 6 heteroatoms. The van der Waals surface area contributed by atoms with Gasteiger partial charge in [-0.25, -0.2) is 8.96 Å². The largest absolute Gasteiger partial charge is 0.247 e. The lowest BCUT2D eigenvalue weighted by molar-refractivity contribution is 1.25. The first-order valence-corrected chi connectivity index (χ1v) is 9.25. The standard InChI is InChI=1S/C8H5BrClIN2S.C2H6/c1-4-6-2-5(9)3-12-8(6)13(14-11)7(4)10;1-2/h2-3H,1H3;1-2H3. The topological polar surface area (TPSA) is 17.8 Å². The normalized spacial score (nSPS) is 10.1. The van der Waals surface area contributed by atoms with Gasteiger partial charge in [-0.1, -0.05) is 25.4 Å². The van der Waals surface area contributed by atoms with Crippen LogP contribution in [-0.4, -0.2) is 8.96 Å². The van der Waals surface area contributed by atoms with Crippen molar-refractivity contribution < 1.29 is 0 Å². The Balaban J connectivity index is 0.000000606. The summed E-state index contributed by atoms with van der Waals surface area (Å²) in [5.74, 6) is 0. The van der Waals surface area contributed by atoms with Gasteiger partial charge in [0.25, 0.3) is 0 Å². The number of hydrogen-bond acceptors (Lipinski definition) is 2. The van der Waals surface area contributed by atoms with Crippen LogP contribution in [0.3, 0.4) is 0 Å². The van der Waals surface area contributed by atoms with Gasteiger partial charge < -0.3 is 0 Å². The lowest BCUT2D eigenvalue weighted by Crippen LogP contribution is -1.84. The second kappa shape index (κ2) is 6.47. The van der Waals surface area contributed by atoms with E-state index in [1.54, 1.807) is 6.20 Å². The zero-order valence-electron chi connectivity index (χ0n) is 9.09. The number of aromatic nitrogens is 2. The predicted octanol–water partition coefficient (Wildman–Crippen LogP) is 5.63. The number of halogens is 3. The molecule has 2 nitrogen and oxygen atoms in total. The Hall–Kier alpha value is 0.540. The molecule has 2 aromatic heterocycles. The fourth-order valence-corrected chi connectivity index (χ4v) is 3.81. The monoisotopic (exact) mass is 432 g/mol. The average Bonchev–Trinajstić information content (AvgIpc) is 2.55. The highest BCUT2D eigenvalue weighted by molar-refractivity contribution is 14.2. The Labute approximate surface area is 125 Å². The number of nitrogens with zero attached hydrogens (tertiary/aromatic N) is 2. The summed E-state index contributed by atoms with van der Waals surface area (Å²) in [7, 11) is 1.53. The average molecular weight is 434 g/mol. The maximum atomic E-state index is 6.17. The van der Waals surface area contributed by atoms with Crippen molar-refractivity contribution in [2.24, 2.45) is 0 Å². The first-order valence-electron chi connectivity index (χ1n) is 4.76. The summed E-state index contributed by atoms with van der Waals surface area (Å²) in [6.45, 7) is 6.00. The fourth-order valence-electron chi connectivity index (χ4n) is 1.29. The van der Waals surface area contributed by atoms with E-state index >= 15 is 0 Å². The molecule has 0 unspecified atom stereocenters. The number of aryl methyl sites for hydroxylation is 1. The highest BCUT2D eigenvalue weighted by Gasteiger charge is 2.13. The summed E-state index contributed by atoms with van der Waals surface area (Å²) in [6.07, 6.45) is 1.78. The van der Waals surface area contributed by atoms with Crippen molar-refractivity contribution in [3.63, 3.8) is 0 Å². The minimum Gasteiger partial charge on any atom is -0.247 e. The van der Waals surface area contributed by atoms with Crippen LogP contribution in [-0.2, 0) is 0 Å². The van der Waals surface area contributed by atoms with Crippen LogP contribution in [0.5, 0.6) is 0 Å². The highest BCUT2D eigenvalue weighted by atomic mass is 127. The van der Waals surface area contributed by atoms with Crippen LogP contribution in [0.25, 0.3) is 11.0 Å². The number of hydrogen-bond donors (Lipinski definition) is 0. The van der Waals surface area contributed by atoms with Crippen molar-refractivity contribution in [2.45, 2.75) is 20.8 Å². The molecule has 0 bridgehead atoms. The molecule has 2 rings (SSSR count). The molecule has 0 fully saturated rings. The number of fused-ring (bicyclic) bond motifs is 1. The molecule has 16 heavy (non-hydrogen) atoms. The van der Waals surface area contributed by atoms with Crippen LogP contribution >= 0.6 is 57.9 Å². The Kier molecular flexibility index (Phi) is 5.90. The van der Waals surface area contributed by atoms with Gasteiger partial charge in [0, 0.05) is 46.4 Å². The van der Waals surface area contributed by atoms with Gasteiger partial charge in [-0.3, -0.25) is 0 Å². The third-order valence-electron chi connectivity index (χ3n) is 1.99. The van der Waals surface area contributed by atoms with E-state index in [0.29, 0.717) is 0 Å². The van der Waals surface area contributed by atoms with Gasteiger partial charge in [0.05, 0.1) is 0 Å². The van der Waals surface area contributed by atoms with E-state index in [1.165, 1.54) is 9.12 Å². The second-order valence-electron chi connectivity index (χ2n) is 2.80. The van der Waals surface area contributed by atoms with E-state index < -0.39 is 0 Å². The summed E-state index contributed by atoms with van der Waals surface area (Å²) in [5.41, 5.74) is 1.98. The molecule has 0 atom stereocenters. The Morgan fingerprint density at radius 3 is 2.69 bits per heavy atom. The van der Waals surface area contributed by atoms with E-state index in [2.05, 4.69) is 42.1 Å². The zero-order chi connectivity index (χ0) is 12.3. The number of pyridine rings is 1. The SMILES string of the molecule is CC.Cc1c(Cl)n(SI)c2ncc(Br)cc12. The molecule has 2 heterocycles. The van der Waals surface area contributed by atoms with E-state index in [-0.39, 0.29) is 0 Å². The van der Waals surface area contributed by atoms with Crippen molar-refractivity contribution in [3.05, 3.63) is 27.5 Å². The molecule has 0 aromatic carbocycles. The van der Waals surface area contributed by atoms with Crippen molar-refractivity contribution in [1.29, 1.82) is 0 Å². The van der Waals surface area contributed by atoms with Crippen LogP contribution in [0, 0.1) is 6.92 Å². The molecule has 0 aliphatic rings. The molecule has 0 saturated carbocycles. The van der Waals surface area contributed by atoms with E-state index in [4.69, 9.17) is 11.6 Å². The Bertz CT molecular complexity index is 501. The molecule has 2 aromatic rings. The molecular weight excluding hydrogens is 422 g/mol. The summed E-state index contributed by atoms with van der Waals surface area (Å²) < 4.78 is 2.89. The van der Waals surface area contributed by atoms with Gasteiger partial charge >= 0.3 is 0 Å². The van der Waals surface area contributed by atoms with Crippen molar-refractivity contribution in [1.82, 2.24) is 8.96 Å². The minimum atomic E-state index is 0.741. The molecule has 0 radical (unpaired) electrons. The lowest BCUT2D eigenvalue weighted by Gasteiger charge is -1.97.